The van der Waals surface area contributed by atoms with E-state index in [4.69, 9.17) is 9.47 Å². The molecule has 0 aliphatic carbocycles. The first kappa shape index (κ1) is 51.3. The van der Waals surface area contributed by atoms with E-state index in [1.54, 1.807) is 31.1 Å². The van der Waals surface area contributed by atoms with Gasteiger partial charge in [0.15, 0.2) is 0 Å². The van der Waals surface area contributed by atoms with E-state index in [9.17, 15) is 19.5 Å². The highest BCUT2D eigenvalue weighted by molar-refractivity contribution is 5.96. The van der Waals surface area contributed by atoms with Crippen molar-refractivity contribution in [2.75, 3.05) is 61.0 Å². The summed E-state index contributed by atoms with van der Waals surface area (Å²) >= 11 is 0. The van der Waals surface area contributed by atoms with Crippen molar-refractivity contribution >= 4 is 34.6 Å². The number of cyclic esters (lactones) is 1. The zero-order chi connectivity index (χ0) is 49.9. The molecular weight excluding hydrogens is 871 g/mol. The highest BCUT2D eigenvalue weighted by Gasteiger charge is 2.44. The molecule has 3 aliphatic heterocycles. The smallest absolute Gasteiger partial charge is 0.324 e. The minimum absolute atomic E-state index is 0.0361. The number of esters is 1. The van der Waals surface area contributed by atoms with Gasteiger partial charge in [0.25, 0.3) is 5.91 Å². The molecule has 6 bridgehead atoms. The quantitative estimate of drug-likeness (QED) is 0.0952. The monoisotopic (exact) mass is 946 g/mol. The lowest BCUT2D eigenvalue weighted by molar-refractivity contribution is -0.157. The summed E-state index contributed by atoms with van der Waals surface area (Å²) in [5.41, 5.74) is 10.2. The Morgan fingerprint density at radius 1 is 0.986 bits per heavy atom. The highest BCUT2D eigenvalue weighted by atomic mass is 16.5. The van der Waals surface area contributed by atoms with Gasteiger partial charge in [-0.15, -0.1) is 0 Å². The molecule has 372 valence electrons. The van der Waals surface area contributed by atoms with E-state index >= 15 is 4.79 Å². The minimum atomic E-state index is -1.52. The number of nitrogens with zero attached hydrogens (tertiary/aromatic N) is 5. The fraction of sp³-hybridized carbons (Fsp3) is 0.527. The molecule has 2 fully saturated rings. The zero-order valence-electron chi connectivity index (χ0n) is 42.6. The molecule has 0 spiro atoms. The Balaban J connectivity index is 1.32. The van der Waals surface area contributed by atoms with Crippen LogP contribution < -0.4 is 10.7 Å². The fourth-order valence-electron chi connectivity index (χ4n) is 11.0. The summed E-state index contributed by atoms with van der Waals surface area (Å²) in [4.78, 5) is 62.3. The summed E-state index contributed by atoms with van der Waals surface area (Å²) in [6.07, 6.45) is 3.82. The van der Waals surface area contributed by atoms with E-state index in [-0.39, 0.29) is 42.4 Å². The van der Waals surface area contributed by atoms with Crippen molar-refractivity contribution in [2.45, 2.75) is 111 Å². The van der Waals surface area contributed by atoms with Crippen molar-refractivity contribution in [1.82, 2.24) is 35.0 Å². The molecule has 1 unspecified atom stereocenters. The number of aromatic hydroxyl groups is 1. The number of likely N-dealkylation sites (N-methyl/N-ethyl adjacent to an activating group) is 1. The number of hydrogen-bond donors (Lipinski definition) is 3. The largest absolute Gasteiger partial charge is 0.508 e. The summed E-state index contributed by atoms with van der Waals surface area (Å²) in [5.74, 6) is -1.17. The second kappa shape index (κ2) is 21.2. The molecule has 1 aromatic heterocycles. The topological polar surface area (TPSA) is 149 Å². The number of methoxy groups -OCH3 is 1. The number of fused-ring (bicyclic) bond motifs is 6. The number of phenolic OH excluding ortho intramolecular Hbond substituents is 1. The van der Waals surface area contributed by atoms with Crippen LogP contribution >= 0.6 is 0 Å². The van der Waals surface area contributed by atoms with Gasteiger partial charge in [-0.3, -0.25) is 29.1 Å². The molecule has 3 N–H and O–H groups in total. The van der Waals surface area contributed by atoms with Gasteiger partial charge < -0.3 is 34.3 Å². The van der Waals surface area contributed by atoms with Crippen molar-refractivity contribution < 1.29 is 33.8 Å². The lowest BCUT2D eigenvalue weighted by Gasteiger charge is -2.41. The standard InChI is InChI=1S/C55H75N7O7/c1-12-48(64)60-22-20-36(31-60)30-59(10)49(35(3)4)51(65)56-55(7)28-37-23-41(26-43(63)24-37)38-18-19-47-44(27-38)45(29-54(5,6)34-69-52(66)46-15-14-21-62(57-46)53(55)67)50(61(47)13-2)39-16-17-40(32-58(8)9)42(25-39)33-68-11/h12,16-19,23-27,35-36,46,49,57,63H,1,13-15,20-22,28-34H2,2-11H3,(H,56,65)/t36-,46+,49?,55+/m1/s1. The molecule has 0 radical (unpaired) electrons. The maximum absolute atomic E-state index is 15.1. The predicted octanol–water partition coefficient (Wildman–Crippen LogP) is 6.94. The van der Waals surface area contributed by atoms with Gasteiger partial charge in [-0.05, 0) is 148 Å². The number of phenols is 1. The Labute approximate surface area is 408 Å². The lowest BCUT2D eigenvalue weighted by atomic mass is 9.84. The first-order chi connectivity index (χ1) is 32.7. The van der Waals surface area contributed by atoms with Crippen LogP contribution in [0, 0.1) is 17.3 Å². The summed E-state index contributed by atoms with van der Waals surface area (Å²) in [6, 6.07) is 17.1. The number of carbonyl (C=O) groups is 4. The SMILES string of the molecule is C=CC(=O)N1CC[C@H](CN(C)C(C(=O)N[C@@]2(C)Cc3cc(O)cc(c3)-c3ccc4c(c3)c(c(-c3ccc(CN(C)C)c(COC)c3)n4CC)CC(C)(C)COC(=O)[C@@H]3CCCN(N3)C2=O)C(C)C)C1. The highest BCUT2D eigenvalue weighted by Crippen LogP contribution is 2.41. The first-order valence-corrected chi connectivity index (χ1v) is 24.7. The molecule has 0 saturated carbocycles. The number of likely N-dealkylation sites (tertiary alicyclic amines) is 1. The number of ether oxygens (including phenoxy) is 2. The molecule has 2 saturated heterocycles. The predicted molar refractivity (Wildman–Crippen MR) is 271 cm³/mol. The van der Waals surface area contributed by atoms with Crippen LogP contribution in [0.15, 0.2) is 67.3 Å². The maximum Gasteiger partial charge on any atom is 0.324 e. The normalized spacial score (nSPS) is 21.5. The number of aryl methyl sites for hydroxylation is 1. The molecule has 7 rings (SSSR count). The number of hydrazine groups is 1. The third-order valence-electron chi connectivity index (χ3n) is 14.2. The van der Waals surface area contributed by atoms with E-state index in [1.807, 2.05) is 31.9 Å². The minimum Gasteiger partial charge on any atom is -0.508 e. The molecule has 3 aromatic carbocycles. The molecule has 4 heterocycles. The number of benzene rings is 3. The van der Waals surface area contributed by atoms with Gasteiger partial charge in [-0.2, -0.15) is 0 Å². The van der Waals surface area contributed by atoms with Crippen molar-refractivity contribution in [2.24, 2.45) is 17.3 Å². The summed E-state index contributed by atoms with van der Waals surface area (Å²) in [6.45, 7) is 20.0. The molecular formula is C55H75N7O7. The number of rotatable bonds is 13. The van der Waals surface area contributed by atoms with Crippen LogP contribution in [-0.4, -0.2) is 132 Å². The number of amides is 3. The van der Waals surface area contributed by atoms with Gasteiger partial charge in [-0.25, -0.2) is 5.43 Å². The van der Waals surface area contributed by atoms with Crippen LogP contribution in [0.25, 0.3) is 33.3 Å². The summed E-state index contributed by atoms with van der Waals surface area (Å²) < 4.78 is 14.3. The van der Waals surface area contributed by atoms with Crippen molar-refractivity contribution in [1.29, 1.82) is 0 Å². The van der Waals surface area contributed by atoms with Crippen LogP contribution in [0.3, 0.4) is 0 Å². The average Bonchev–Trinajstić information content (AvgIpc) is 3.89. The number of nitrogens with one attached hydrogen (secondary N) is 2. The van der Waals surface area contributed by atoms with Crippen LogP contribution in [0.1, 0.15) is 83.1 Å². The van der Waals surface area contributed by atoms with E-state index in [0.29, 0.717) is 64.2 Å². The summed E-state index contributed by atoms with van der Waals surface area (Å²) in [5, 5.41) is 17.2. The van der Waals surface area contributed by atoms with E-state index in [0.717, 1.165) is 57.4 Å². The molecule has 4 aromatic rings. The van der Waals surface area contributed by atoms with E-state index in [2.05, 4.69) is 98.1 Å². The molecule has 14 heteroatoms. The van der Waals surface area contributed by atoms with Gasteiger partial charge in [0.2, 0.25) is 11.8 Å². The molecule has 69 heavy (non-hydrogen) atoms. The van der Waals surface area contributed by atoms with E-state index < -0.39 is 34.9 Å². The van der Waals surface area contributed by atoms with Crippen LogP contribution in [0.4, 0.5) is 0 Å². The van der Waals surface area contributed by atoms with Gasteiger partial charge in [-0.1, -0.05) is 58.5 Å². The fourth-order valence-corrected chi connectivity index (χ4v) is 11.0. The summed E-state index contributed by atoms with van der Waals surface area (Å²) in [7, 11) is 7.77. The first-order valence-electron chi connectivity index (χ1n) is 24.7. The Hall–Kier alpha value is -5.54. The van der Waals surface area contributed by atoms with Crippen LogP contribution in [0.5, 0.6) is 5.75 Å². The van der Waals surface area contributed by atoms with Crippen molar-refractivity contribution in [3.63, 3.8) is 0 Å². The van der Waals surface area contributed by atoms with Crippen LogP contribution in [0.2, 0.25) is 0 Å². The lowest BCUT2D eigenvalue weighted by Crippen LogP contribution is -2.67. The molecule has 14 nitrogen and oxygen atoms in total. The van der Waals surface area contributed by atoms with Gasteiger partial charge in [0.1, 0.15) is 17.3 Å². The Bertz CT molecular complexity index is 2570. The maximum atomic E-state index is 15.1. The van der Waals surface area contributed by atoms with Crippen molar-refractivity contribution in [3.8, 4) is 28.1 Å². The number of aromatic nitrogens is 1. The zero-order valence-corrected chi connectivity index (χ0v) is 42.6. The Morgan fingerprint density at radius 3 is 2.43 bits per heavy atom. The second-order valence-corrected chi connectivity index (χ2v) is 21.3. The third-order valence-corrected chi connectivity index (χ3v) is 14.2. The average molecular weight is 946 g/mol. The van der Waals surface area contributed by atoms with Gasteiger partial charge in [0, 0.05) is 69.1 Å². The Kier molecular flexibility index (Phi) is 15.8. The Morgan fingerprint density at radius 2 is 1.74 bits per heavy atom. The number of carbonyl (C=O) groups excluding carboxylic acids is 4. The van der Waals surface area contributed by atoms with Crippen molar-refractivity contribution in [3.05, 3.63) is 89.5 Å². The van der Waals surface area contributed by atoms with Gasteiger partial charge >= 0.3 is 5.97 Å². The third kappa shape index (κ3) is 11.4. The molecule has 4 atom stereocenters. The van der Waals surface area contributed by atoms with Crippen LogP contribution in [-0.2, 0) is 61.2 Å². The van der Waals surface area contributed by atoms with E-state index in [1.165, 1.54) is 16.6 Å². The molecule has 3 amide bonds. The van der Waals surface area contributed by atoms with Gasteiger partial charge in [0.05, 0.1) is 24.9 Å². The molecule has 3 aliphatic rings. The second-order valence-electron chi connectivity index (χ2n) is 21.3. The number of hydrogen-bond acceptors (Lipinski definition) is 10.